The van der Waals surface area contributed by atoms with E-state index in [0.29, 0.717) is 17.7 Å². The minimum Gasteiger partial charge on any atom is -0.496 e. The Balaban J connectivity index is 2.07. The molecule has 0 bridgehead atoms. The lowest BCUT2D eigenvalue weighted by atomic mass is 9.95. The molecule has 1 aromatic rings. The standard InChI is InChI=1S/C14H18O4/c1-17-12-8-4-2-6-10(12)14(16)18-13-9-5-3-7-11(13)15/h2,4,6,8,11,13,15H,3,5,7,9H2,1H3/t11-,13-/m1/s1. The molecule has 1 N–H and O–H groups in total. The SMILES string of the molecule is COc1ccccc1C(=O)O[C@@H]1CCCC[C@H]1O. The molecule has 0 heterocycles. The van der Waals surface area contributed by atoms with Crippen molar-refractivity contribution in [1.29, 1.82) is 0 Å². The second-order valence-electron chi connectivity index (χ2n) is 4.50. The highest BCUT2D eigenvalue weighted by Gasteiger charge is 2.27. The number of aliphatic hydroxyl groups is 1. The minimum atomic E-state index is -0.544. The van der Waals surface area contributed by atoms with Crippen molar-refractivity contribution in [3.63, 3.8) is 0 Å². The first kappa shape index (κ1) is 12.9. The fourth-order valence-corrected chi connectivity index (χ4v) is 2.23. The lowest BCUT2D eigenvalue weighted by molar-refractivity contribution is -0.0362. The number of hydrogen-bond donors (Lipinski definition) is 1. The monoisotopic (exact) mass is 250 g/mol. The summed E-state index contributed by atoms with van der Waals surface area (Å²) in [5, 5.41) is 9.78. The van der Waals surface area contributed by atoms with E-state index in [1.54, 1.807) is 24.3 Å². The second kappa shape index (κ2) is 5.87. The van der Waals surface area contributed by atoms with Crippen molar-refractivity contribution >= 4 is 5.97 Å². The molecule has 0 spiro atoms. The topological polar surface area (TPSA) is 55.8 Å². The van der Waals surface area contributed by atoms with Crippen molar-refractivity contribution in [1.82, 2.24) is 0 Å². The number of esters is 1. The summed E-state index contributed by atoms with van der Waals surface area (Å²) in [6.45, 7) is 0. The quantitative estimate of drug-likeness (QED) is 0.835. The number of benzene rings is 1. The molecule has 0 unspecified atom stereocenters. The van der Waals surface area contributed by atoms with Gasteiger partial charge >= 0.3 is 5.97 Å². The van der Waals surface area contributed by atoms with Gasteiger partial charge in [0.05, 0.1) is 13.2 Å². The van der Waals surface area contributed by atoms with Crippen molar-refractivity contribution in [2.75, 3.05) is 7.11 Å². The smallest absolute Gasteiger partial charge is 0.342 e. The predicted octanol–water partition coefficient (Wildman–Crippen LogP) is 2.16. The van der Waals surface area contributed by atoms with E-state index < -0.39 is 18.2 Å². The van der Waals surface area contributed by atoms with E-state index in [-0.39, 0.29) is 0 Å². The van der Waals surface area contributed by atoms with Crippen LogP contribution in [-0.2, 0) is 4.74 Å². The van der Waals surface area contributed by atoms with Gasteiger partial charge in [0.25, 0.3) is 0 Å². The van der Waals surface area contributed by atoms with Crippen LogP contribution >= 0.6 is 0 Å². The maximum atomic E-state index is 12.0. The summed E-state index contributed by atoms with van der Waals surface area (Å²) >= 11 is 0. The van der Waals surface area contributed by atoms with Gasteiger partial charge in [-0.3, -0.25) is 0 Å². The largest absolute Gasteiger partial charge is 0.496 e. The third-order valence-corrected chi connectivity index (χ3v) is 3.25. The molecule has 1 aromatic carbocycles. The molecule has 4 heteroatoms. The minimum absolute atomic E-state index is 0.392. The predicted molar refractivity (Wildman–Crippen MR) is 66.7 cm³/mol. The van der Waals surface area contributed by atoms with Crippen LogP contribution in [-0.4, -0.2) is 30.4 Å². The van der Waals surface area contributed by atoms with Gasteiger partial charge in [-0.2, -0.15) is 0 Å². The molecule has 1 aliphatic rings. The molecule has 98 valence electrons. The van der Waals surface area contributed by atoms with Crippen LogP contribution in [0.3, 0.4) is 0 Å². The van der Waals surface area contributed by atoms with Crippen molar-refractivity contribution in [3.05, 3.63) is 29.8 Å². The molecule has 18 heavy (non-hydrogen) atoms. The number of aliphatic hydroxyl groups excluding tert-OH is 1. The summed E-state index contributed by atoms with van der Waals surface area (Å²) < 4.78 is 10.5. The van der Waals surface area contributed by atoms with E-state index in [2.05, 4.69) is 0 Å². The highest BCUT2D eigenvalue weighted by Crippen LogP contribution is 2.24. The molecular formula is C14H18O4. The highest BCUT2D eigenvalue weighted by atomic mass is 16.6. The van der Waals surface area contributed by atoms with E-state index in [1.165, 1.54) is 7.11 Å². The van der Waals surface area contributed by atoms with Crippen molar-refractivity contribution in [2.45, 2.75) is 37.9 Å². The fraction of sp³-hybridized carbons (Fsp3) is 0.500. The van der Waals surface area contributed by atoms with E-state index in [1.807, 2.05) is 0 Å². The van der Waals surface area contributed by atoms with Crippen LogP contribution in [0.25, 0.3) is 0 Å². The number of methoxy groups -OCH3 is 1. The number of hydrogen-bond acceptors (Lipinski definition) is 4. The maximum Gasteiger partial charge on any atom is 0.342 e. The van der Waals surface area contributed by atoms with Crippen LogP contribution in [0.2, 0.25) is 0 Å². The van der Waals surface area contributed by atoms with Gasteiger partial charge in [-0.1, -0.05) is 18.6 Å². The number of para-hydroxylation sites is 1. The van der Waals surface area contributed by atoms with Crippen LogP contribution in [0, 0.1) is 0 Å². The summed E-state index contributed by atoms with van der Waals surface area (Å²) in [4.78, 5) is 12.0. The molecule has 2 rings (SSSR count). The van der Waals surface area contributed by atoms with E-state index in [0.717, 1.165) is 19.3 Å². The molecule has 2 atom stereocenters. The van der Waals surface area contributed by atoms with Crippen LogP contribution in [0.5, 0.6) is 5.75 Å². The summed E-state index contributed by atoms with van der Waals surface area (Å²) in [5.41, 5.74) is 0.401. The van der Waals surface area contributed by atoms with Gasteiger partial charge < -0.3 is 14.6 Å². The maximum absolute atomic E-state index is 12.0. The van der Waals surface area contributed by atoms with Crippen molar-refractivity contribution in [2.24, 2.45) is 0 Å². The molecular weight excluding hydrogens is 232 g/mol. The van der Waals surface area contributed by atoms with Gasteiger partial charge in [-0.25, -0.2) is 4.79 Å². The number of carbonyl (C=O) groups is 1. The van der Waals surface area contributed by atoms with Gasteiger partial charge in [0.1, 0.15) is 17.4 Å². The molecule has 1 saturated carbocycles. The van der Waals surface area contributed by atoms with Gasteiger partial charge in [-0.15, -0.1) is 0 Å². The Labute approximate surface area is 107 Å². The average Bonchev–Trinajstić information content (AvgIpc) is 2.41. The van der Waals surface area contributed by atoms with E-state index >= 15 is 0 Å². The number of ether oxygens (including phenoxy) is 2. The second-order valence-corrected chi connectivity index (χ2v) is 4.50. The van der Waals surface area contributed by atoms with Gasteiger partial charge in [0.15, 0.2) is 0 Å². The Bertz CT molecular complexity index is 416. The molecule has 0 aliphatic heterocycles. The van der Waals surface area contributed by atoms with Gasteiger partial charge in [0.2, 0.25) is 0 Å². The summed E-state index contributed by atoms with van der Waals surface area (Å²) in [6, 6.07) is 6.94. The summed E-state index contributed by atoms with van der Waals surface area (Å²) in [6.07, 6.45) is 2.46. The zero-order valence-electron chi connectivity index (χ0n) is 10.5. The van der Waals surface area contributed by atoms with E-state index in [4.69, 9.17) is 9.47 Å². The molecule has 0 radical (unpaired) electrons. The third kappa shape index (κ3) is 2.82. The Morgan fingerprint density at radius 2 is 2.00 bits per heavy atom. The first-order chi connectivity index (χ1) is 8.72. The Morgan fingerprint density at radius 3 is 2.72 bits per heavy atom. The van der Waals surface area contributed by atoms with E-state index in [9.17, 15) is 9.90 Å². The molecule has 1 aliphatic carbocycles. The fourth-order valence-electron chi connectivity index (χ4n) is 2.23. The zero-order valence-corrected chi connectivity index (χ0v) is 10.5. The van der Waals surface area contributed by atoms with Crippen molar-refractivity contribution < 1.29 is 19.4 Å². The lowest BCUT2D eigenvalue weighted by Gasteiger charge is -2.27. The summed E-state index contributed by atoms with van der Waals surface area (Å²) in [7, 11) is 1.52. The molecule has 1 fully saturated rings. The van der Waals surface area contributed by atoms with Crippen LogP contribution in [0.1, 0.15) is 36.0 Å². The number of carbonyl (C=O) groups excluding carboxylic acids is 1. The van der Waals surface area contributed by atoms with Crippen LogP contribution in [0.4, 0.5) is 0 Å². The molecule has 4 nitrogen and oxygen atoms in total. The van der Waals surface area contributed by atoms with Crippen LogP contribution < -0.4 is 4.74 Å². The Morgan fingerprint density at radius 1 is 1.28 bits per heavy atom. The van der Waals surface area contributed by atoms with Crippen LogP contribution in [0.15, 0.2) is 24.3 Å². The third-order valence-electron chi connectivity index (χ3n) is 3.25. The molecule has 0 amide bonds. The molecule has 0 aromatic heterocycles. The first-order valence-electron chi connectivity index (χ1n) is 6.24. The van der Waals surface area contributed by atoms with Crippen molar-refractivity contribution in [3.8, 4) is 5.75 Å². The van der Waals surface area contributed by atoms with Gasteiger partial charge in [-0.05, 0) is 31.4 Å². The number of rotatable bonds is 3. The Hall–Kier alpha value is -1.55. The summed E-state index contributed by atoms with van der Waals surface area (Å²) in [5.74, 6) is 0.0613. The normalized spacial score (nSPS) is 23.4. The average molecular weight is 250 g/mol. The molecule has 0 saturated heterocycles. The lowest BCUT2D eigenvalue weighted by Crippen LogP contribution is -2.34. The Kier molecular flexibility index (Phi) is 4.20. The highest BCUT2D eigenvalue weighted by molar-refractivity contribution is 5.92. The first-order valence-corrected chi connectivity index (χ1v) is 6.24. The zero-order chi connectivity index (χ0) is 13.0. The van der Waals surface area contributed by atoms with Gasteiger partial charge in [0, 0.05) is 0 Å².